The van der Waals surface area contributed by atoms with Gasteiger partial charge in [-0.1, -0.05) is 0 Å². The summed E-state index contributed by atoms with van der Waals surface area (Å²) in [5.74, 6) is 5.58. The van der Waals surface area contributed by atoms with Gasteiger partial charge in [0, 0.05) is 18.6 Å². The van der Waals surface area contributed by atoms with Crippen LogP contribution in [0.2, 0.25) is 0 Å². The molecule has 0 saturated heterocycles. The average Bonchev–Trinajstić information content (AvgIpc) is 2.91. The van der Waals surface area contributed by atoms with Crippen LogP contribution in [0.4, 0.5) is 5.82 Å². The van der Waals surface area contributed by atoms with Crippen LogP contribution in [0.15, 0.2) is 34.1 Å². The Balaban J connectivity index is 2.20. The maximum absolute atomic E-state index is 12.3. The van der Waals surface area contributed by atoms with Crippen molar-refractivity contribution < 1.29 is 8.42 Å². The molecule has 102 valence electrons. The lowest BCUT2D eigenvalue weighted by molar-refractivity contribution is 0.463. The first-order valence-corrected chi connectivity index (χ1v) is 7.68. The normalized spacial score (nSPS) is 11.7. The minimum absolute atomic E-state index is 0.115. The van der Waals surface area contributed by atoms with E-state index < -0.39 is 10.0 Å². The summed E-state index contributed by atoms with van der Waals surface area (Å²) in [7, 11) is -2.07. The maximum Gasteiger partial charge on any atom is 0.244 e. The number of hydrogen-bond acceptors (Lipinski definition) is 7. The molecule has 0 aliphatic rings. The topological polar surface area (TPSA) is 101 Å². The van der Waals surface area contributed by atoms with Crippen LogP contribution in [-0.2, 0) is 16.6 Å². The SMILES string of the molecule is CN(Cc1cscn1)S(=O)(=O)c1ccc(NN)nc1. The lowest BCUT2D eigenvalue weighted by atomic mass is 10.5. The number of thiazole rings is 1. The van der Waals surface area contributed by atoms with E-state index >= 15 is 0 Å². The lowest BCUT2D eigenvalue weighted by Crippen LogP contribution is -2.26. The highest BCUT2D eigenvalue weighted by Gasteiger charge is 2.21. The molecule has 7 nitrogen and oxygen atoms in total. The van der Waals surface area contributed by atoms with E-state index in [0.29, 0.717) is 11.5 Å². The Hall–Kier alpha value is -1.55. The highest BCUT2D eigenvalue weighted by molar-refractivity contribution is 7.89. The molecule has 9 heteroatoms. The first-order chi connectivity index (χ1) is 9.04. The number of nitrogens with one attached hydrogen (secondary N) is 1. The van der Waals surface area contributed by atoms with Crippen molar-refractivity contribution in [1.82, 2.24) is 14.3 Å². The van der Waals surface area contributed by atoms with Gasteiger partial charge in [-0.2, -0.15) is 4.31 Å². The number of pyridine rings is 1. The van der Waals surface area contributed by atoms with E-state index in [0.717, 1.165) is 0 Å². The summed E-state index contributed by atoms with van der Waals surface area (Å²) >= 11 is 1.43. The highest BCUT2D eigenvalue weighted by Crippen LogP contribution is 2.17. The van der Waals surface area contributed by atoms with Crippen molar-refractivity contribution in [2.75, 3.05) is 12.5 Å². The van der Waals surface area contributed by atoms with Gasteiger partial charge in [0.15, 0.2) is 0 Å². The van der Waals surface area contributed by atoms with E-state index in [2.05, 4.69) is 15.4 Å². The smallest absolute Gasteiger partial charge is 0.244 e. The average molecular weight is 299 g/mol. The largest absolute Gasteiger partial charge is 0.308 e. The molecule has 2 rings (SSSR count). The van der Waals surface area contributed by atoms with Crippen LogP contribution in [0.5, 0.6) is 0 Å². The van der Waals surface area contributed by atoms with E-state index in [9.17, 15) is 8.42 Å². The van der Waals surface area contributed by atoms with Crippen molar-refractivity contribution >= 4 is 27.2 Å². The molecule has 2 aromatic rings. The van der Waals surface area contributed by atoms with Crippen LogP contribution in [0.1, 0.15) is 5.69 Å². The van der Waals surface area contributed by atoms with E-state index in [1.54, 1.807) is 5.51 Å². The number of hydrazine groups is 1. The third-order valence-electron chi connectivity index (χ3n) is 2.46. The van der Waals surface area contributed by atoms with Gasteiger partial charge in [-0.05, 0) is 12.1 Å². The molecule has 0 saturated carbocycles. The van der Waals surface area contributed by atoms with Crippen LogP contribution in [0.25, 0.3) is 0 Å². The van der Waals surface area contributed by atoms with Gasteiger partial charge in [0.25, 0.3) is 0 Å². The zero-order chi connectivity index (χ0) is 13.9. The molecule has 0 aliphatic heterocycles. The summed E-state index contributed by atoms with van der Waals surface area (Å²) < 4.78 is 25.8. The van der Waals surface area contributed by atoms with Crippen LogP contribution in [-0.4, -0.2) is 29.7 Å². The van der Waals surface area contributed by atoms with E-state index in [1.165, 1.54) is 41.0 Å². The van der Waals surface area contributed by atoms with Gasteiger partial charge in [-0.15, -0.1) is 11.3 Å². The number of nitrogen functional groups attached to an aromatic ring is 1. The Bertz CT molecular complexity index is 624. The Morgan fingerprint density at radius 1 is 1.42 bits per heavy atom. The van der Waals surface area contributed by atoms with Crippen LogP contribution in [0.3, 0.4) is 0 Å². The monoisotopic (exact) mass is 299 g/mol. The Labute approximate surface area is 115 Å². The standard InChI is InChI=1S/C10H13N5O2S2/c1-15(5-8-6-18-7-13-8)19(16,17)9-2-3-10(14-11)12-4-9/h2-4,6-7H,5,11H2,1H3,(H,12,14). The number of anilines is 1. The summed E-state index contributed by atoms with van der Waals surface area (Å²) in [4.78, 5) is 8.06. The van der Waals surface area contributed by atoms with E-state index in [1.807, 2.05) is 5.38 Å². The third-order valence-corrected chi connectivity index (χ3v) is 4.88. The van der Waals surface area contributed by atoms with Gasteiger partial charge >= 0.3 is 0 Å². The molecular weight excluding hydrogens is 286 g/mol. The molecular formula is C10H13N5O2S2. The van der Waals surface area contributed by atoms with Crippen molar-refractivity contribution in [3.8, 4) is 0 Å². The van der Waals surface area contributed by atoms with E-state index in [4.69, 9.17) is 5.84 Å². The molecule has 2 heterocycles. The molecule has 0 spiro atoms. The fraction of sp³-hybridized carbons (Fsp3) is 0.200. The quantitative estimate of drug-likeness (QED) is 0.621. The third kappa shape index (κ3) is 3.07. The first-order valence-electron chi connectivity index (χ1n) is 5.30. The zero-order valence-corrected chi connectivity index (χ0v) is 11.8. The van der Waals surface area contributed by atoms with E-state index in [-0.39, 0.29) is 11.4 Å². The molecule has 0 unspecified atom stereocenters. The van der Waals surface area contributed by atoms with Gasteiger partial charge in [0.1, 0.15) is 10.7 Å². The van der Waals surface area contributed by atoms with Crippen molar-refractivity contribution in [2.24, 2.45) is 5.84 Å². The predicted molar refractivity (Wildman–Crippen MR) is 72.8 cm³/mol. The molecule has 0 radical (unpaired) electrons. The minimum atomic E-state index is -3.57. The first kappa shape index (κ1) is 13.9. The predicted octanol–water partition coefficient (Wildman–Crippen LogP) is 0.644. The molecule has 19 heavy (non-hydrogen) atoms. The fourth-order valence-electron chi connectivity index (χ4n) is 1.43. The zero-order valence-electron chi connectivity index (χ0n) is 10.1. The molecule has 0 atom stereocenters. The Morgan fingerprint density at radius 2 is 2.21 bits per heavy atom. The number of sulfonamides is 1. The van der Waals surface area contributed by atoms with Gasteiger partial charge < -0.3 is 5.43 Å². The number of nitrogens with zero attached hydrogens (tertiary/aromatic N) is 3. The number of aromatic nitrogens is 2. The van der Waals surface area contributed by atoms with Crippen LogP contribution in [0, 0.1) is 0 Å². The summed E-state index contributed by atoms with van der Waals surface area (Å²) in [5.41, 5.74) is 4.72. The minimum Gasteiger partial charge on any atom is -0.308 e. The second-order valence-corrected chi connectivity index (χ2v) is 6.53. The van der Waals surface area contributed by atoms with Crippen molar-refractivity contribution in [2.45, 2.75) is 11.4 Å². The summed E-state index contributed by atoms with van der Waals surface area (Å²) in [6, 6.07) is 2.96. The van der Waals surface area contributed by atoms with Gasteiger partial charge in [-0.25, -0.2) is 24.2 Å². The Morgan fingerprint density at radius 3 is 2.74 bits per heavy atom. The number of nitrogens with two attached hydrogens (primary N) is 1. The fourth-order valence-corrected chi connectivity index (χ4v) is 3.06. The van der Waals surface area contributed by atoms with Gasteiger partial charge in [-0.3, -0.25) is 0 Å². The molecule has 0 bridgehead atoms. The van der Waals surface area contributed by atoms with Crippen LogP contribution < -0.4 is 11.3 Å². The lowest BCUT2D eigenvalue weighted by Gasteiger charge is -2.15. The number of hydrogen-bond donors (Lipinski definition) is 2. The molecule has 0 amide bonds. The van der Waals surface area contributed by atoms with Gasteiger partial charge in [0.2, 0.25) is 10.0 Å². The van der Waals surface area contributed by atoms with Crippen molar-refractivity contribution in [3.05, 3.63) is 34.9 Å². The van der Waals surface area contributed by atoms with Crippen molar-refractivity contribution in [3.63, 3.8) is 0 Å². The van der Waals surface area contributed by atoms with Crippen molar-refractivity contribution in [1.29, 1.82) is 0 Å². The molecule has 0 fully saturated rings. The second-order valence-electron chi connectivity index (χ2n) is 3.76. The Kier molecular flexibility index (Phi) is 4.10. The molecule has 2 aromatic heterocycles. The molecule has 0 aromatic carbocycles. The molecule has 3 N–H and O–H groups in total. The van der Waals surface area contributed by atoms with Gasteiger partial charge in [0.05, 0.1) is 17.7 Å². The number of rotatable bonds is 5. The summed E-state index contributed by atoms with van der Waals surface area (Å²) in [5, 5.41) is 1.81. The maximum atomic E-state index is 12.3. The summed E-state index contributed by atoms with van der Waals surface area (Å²) in [6.07, 6.45) is 1.27. The summed E-state index contributed by atoms with van der Waals surface area (Å²) in [6.45, 7) is 0.225. The second kappa shape index (κ2) is 5.61. The highest BCUT2D eigenvalue weighted by atomic mass is 32.2. The van der Waals surface area contributed by atoms with Crippen LogP contribution >= 0.6 is 11.3 Å². The molecule has 0 aliphatic carbocycles.